The van der Waals surface area contributed by atoms with E-state index in [1.807, 2.05) is 24.3 Å². The maximum absolute atomic E-state index is 13.6. The Hall–Kier alpha value is -2.69. The van der Waals surface area contributed by atoms with Crippen molar-refractivity contribution in [3.63, 3.8) is 0 Å². The maximum Gasteiger partial charge on any atom is 0.339 e. The standard InChI is InChI=1S/C19H18FNO3/c1-12-7-8-15(11-16(12)20)19(23)24-13(2)18(22)21-10-9-14-5-3-4-6-17(14)21/h3-8,11,13H,9-10H2,1-2H3/t13-/m0/s1. The van der Waals surface area contributed by atoms with Gasteiger partial charge in [-0.15, -0.1) is 0 Å². The lowest BCUT2D eigenvalue weighted by Crippen LogP contribution is -2.39. The molecule has 0 spiro atoms. The molecule has 0 N–H and O–H groups in total. The molecule has 2 aromatic rings. The van der Waals surface area contributed by atoms with Crippen LogP contribution in [-0.2, 0) is 16.0 Å². The lowest BCUT2D eigenvalue weighted by Gasteiger charge is -2.21. The van der Waals surface area contributed by atoms with Crippen molar-refractivity contribution in [1.82, 2.24) is 0 Å². The highest BCUT2D eigenvalue weighted by Gasteiger charge is 2.30. The van der Waals surface area contributed by atoms with Crippen molar-refractivity contribution in [3.05, 3.63) is 65.0 Å². The number of rotatable bonds is 3. The first-order valence-corrected chi connectivity index (χ1v) is 7.84. The average molecular weight is 327 g/mol. The normalized spacial score (nSPS) is 14.2. The van der Waals surface area contributed by atoms with Gasteiger partial charge in [0, 0.05) is 12.2 Å². The van der Waals surface area contributed by atoms with E-state index in [9.17, 15) is 14.0 Å². The van der Waals surface area contributed by atoms with Gasteiger partial charge < -0.3 is 9.64 Å². The Kier molecular flexibility index (Phi) is 4.34. The Morgan fingerprint density at radius 2 is 1.96 bits per heavy atom. The fourth-order valence-electron chi connectivity index (χ4n) is 2.79. The third-order valence-corrected chi connectivity index (χ3v) is 4.19. The van der Waals surface area contributed by atoms with Gasteiger partial charge in [0.25, 0.3) is 5.91 Å². The molecule has 0 radical (unpaired) electrons. The molecule has 1 amide bonds. The summed E-state index contributed by atoms with van der Waals surface area (Å²) in [6, 6.07) is 11.8. The summed E-state index contributed by atoms with van der Waals surface area (Å²) >= 11 is 0. The number of nitrogens with zero attached hydrogens (tertiary/aromatic N) is 1. The van der Waals surface area contributed by atoms with Gasteiger partial charge in [-0.3, -0.25) is 4.79 Å². The molecule has 1 aliphatic rings. The van der Waals surface area contributed by atoms with E-state index < -0.39 is 17.9 Å². The summed E-state index contributed by atoms with van der Waals surface area (Å²) in [7, 11) is 0. The van der Waals surface area contributed by atoms with Crippen LogP contribution in [0.25, 0.3) is 0 Å². The van der Waals surface area contributed by atoms with Crippen molar-refractivity contribution in [1.29, 1.82) is 0 Å². The summed E-state index contributed by atoms with van der Waals surface area (Å²) in [4.78, 5) is 26.3. The molecular weight excluding hydrogens is 309 g/mol. The van der Waals surface area contributed by atoms with Crippen LogP contribution in [0.1, 0.15) is 28.4 Å². The molecule has 0 bridgehead atoms. The summed E-state index contributed by atoms with van der Waals surface area (Å²) in [6.45, 7) is 3.71. The number of esters is 1. The van der Waals surface area contributed by atoms with Crippen LogP contribution in [-0.4, -0.2) is 24.5 Å². The number of aryl methyl sites for hydroxylation is 1. The number of carbonyl (C=O) groups excluding carboxylic acids is 2. The van der Waals surface area contributed by atoms with Gasteiger partial charge in [-0.05, 0) is 49.6 Å². The number of para-hydroxylation sites is 1. The van der Waals surface area contributed by atoms with E-state index in [0.29, 0.717) is 12.1 Å². The maximum atomic E-state index is 13.6. The zero-order valence-corrected chi connectivity index (χ0v) is 13.6. The predicted molar refractivity (Wildman–Crippen MR) is 88.5 cm³/mol. The highest BCUT2D eigenvalue weighted by Crippen LogP contribution is 2.28. The SMILES string of the molecule is Cc1ccc(C(=O)O[C@@H](C)C(=O)N2CCc3ccccc32)cc1F. The van der Waals surface area contributed by atoms with Crippen LogP contribution in [0.3, 0.4) is 0 Å². The third kappa shape index (κ3) is 3.02. The second kappa shape index (κ2) is 6.43. The number of carbonyl (C=O) groups is 2. The van der Waals surface area contributed by atoms with Crippen LogP contribution in [0.4, 0.5) is 10.1 Å². The number of hydrogen-bond donors (Lipinski definition) is 0. The van der Waals surface area contributed by atoms with Gasteiger partial charge in [0.15, 0.2) is 6.10 Å². The number of amides is 1. The van der Waals surface area contributed by atoms with Crippen LogP contribution in [0.2, 0.25) is 0 Å². The Balaban J connectivity index is 1.70. The molecule has 3 rings (SSSR count). The van der Waals surface area contributed by atoms with Crippen LogP contribution in [0.5, 0.6) is 0 Å². The molecular formula is C19H18FNO3. The summed E-state index contributed by atoms with van der Waals surface area (Å²) in [5.41, 5.74) is 2.50. The number of ether oxygens (including phenoxy) is 1. The van der Waals surface area contributed by atoms with Gasteiger partial charge in [0.05, 0.1) is 5.56 Å². The molecule has 0 aromatic heterocycles. The summed E-state index contributed by atoms with van der Waals surface area (Å²) in [5, 5.41) is 0. The highest BCUT2D eigenvalue weighted by molar-refractivity contribution is 6.00. The fraction of sp³-hybridized carbons (Fsp3) is 0.263. The second-order valence-corrected chi connectivity index (χ2v) is 5.88. The minimum Gasteiger partial charge on any atom is -0.449 e. The van der Waals surface area contributed by atoms with Crippen LogP contribution < -0.4 is 4.90 Å². The Morgan fingerprint density at radius 1 is 1.21 bits per heavy atom. The third-order valence-electron chi connectivity index (χ3n) is 4.19. The number of anilines is 1. The van der Waals surface area contributed by atoms with Crippen molar-refractivity contribution in [2.75, 3.05) is 11.4 Å². The fourth-order valence-corrected chi connectivity index (χ4v) is 2.79. The van der Waals surface area contributed by atoms with E-state index in [-0.39, 0.29) is 11.5 Å². The first-order chi connectivity index (χ1) is 11.5. The molecule has 0 saturated carbocycles. The van der Waals surface area contributed by atoms with Crippen molar-refractivity contribution in [2.45, 2.75) is 26.4 Å². The van der Waals surface area contributed by atoms with Gasteiger partial charge >= 0.3 is 5.97 Å². The van der Waals surface area contributed by atoms with Gasteiger partial charge in [-0.2, -0.15) is 0 Å². The lowest BCUT2D eigenvalue weighted by molar-refractivity contribution is -0.126. The molecule has 5 heteroatoms. The summed E-state index contributed by atoms with van der Waals surface area (Å²) in [6.07, 6.45) is -0.154. The van der Waals surface area contributed by atoms with Crippen molar-refractivity contribution in [3.8, 4) is 0 Å². The zero-order valence-electron chi connectivity index (χ0n) is 13.6. The van der Waals surface area contributed by atoms with Gasteiger partial charge in [-0.1, -0.05) is 24.3 Å². The van der Waals surface area contributed by atoms with Crippen LogP contribution >= 0.6 is 0 Å². The Labute approximate surface area is 139 Å². The number of benzene rings is 2. The minimum absolute atomic E-state index is 0.0968. The molecule has 1 heterocycles. The molecule has 4 nitrogen and oxygen atoms in total. The van der Waals surface area contributed by atoms with Crippen molar-refractivity contribution < 1.29 is 18.7 Å². The zero-order chi connectivity index (χ0) is 17.3. The number of fused-ring (bicyclic) bond motifs is 1. The lowest BCUT2D eigenvalue weighted by atomic mass is 10.1. The van der Waals surface area contributed by atoms with Gasteiger partial charge in [0.2, 0.25) is 0 Å². The van der Waals surface area contributed by atoms with E-state index >= 15 is 0 Å². The molecule has 1 aliphatic heterocycles. The van der Waals surface area contributed by atoms with E-state index in [1.54, 1.807) is 11.8 Å². The quantitative estimate of drug-likeness (QED) is 0.813. The molecule has 0 fully saturated rings. The molecule has 124 valence electrons. The molecule has 0 aliphatic carbocycles. The van der Waals surface area contributed by atoms with E-state index in [0.717, 1.165) is 23.7 Å². The molecule has 0 saturated heterocycles. The number of halogens is 1. The molecule has 24 heavy (non-hydrogen) atoms. The largest absolute Gasteiger partial charge is 0.449 e. The second-order valence-electron chi connectivity index (χ2n) is 5.88. The monoisotopic (exact) mass is 327 g/mol. The topological polar surface area (TPSA) is 46.6 Å². The summed E-state index contributed by atoms with van der Waals surface area (Å²) in [5.74, 6) is -1.46. The van der Waals surface area contributed by atoms with E-state index in [1.165, 1.54) is 19.1 Å². The predicted octanol–water partition coefficient (Wildman–Crippen LogP) is 3.27. The smallest absolute Gasteiger partial charge is 0.339 e. The number of hydrogen-bond acceptors (Lipinski definition) is 3. The Morgan fingerprint density at radius 3 is 2.71 bits per heavy atom. The molecule has 1 atom stereocenters. The van der Waals surface area contributed by atoms with Crippen molar-refractivity contribution >= 4 is 17.6 Å². The van der Waals surface area contributed by atoms with Crippen LogP contribution in [0, 0.1) is 12.7 Å². The van der Waals surface area contributed by atoms with Gasteiger partial charge in [0.1, 0.15) is 5.82 Å². The van der Waals surface area contributed by atoms with Crippen molar-refractivity contribution in [2.24, 2.45) is 0 Å². The van der Waals surface area contributed by atoms with Crippen LogP contribution in [0.15, 0.2) is 42.5 Å². The first kappa shape index (κ1) is 16.2. The summed E-state index contributed by atoms with van der Waals surface area (Å²) < 4.78 is 18.8. The minimum atomic E-state index is -0.937. The van der Waals surface area contributed by atoms with Gasteiger partial charge in [-0.25, -0.2) is 9.18 Å². The Bertz CT molecular complexity index is 803. The van der Waals surface area contributed by atoms with E-state index in [2.05, 4.69) is 0 Å². The van der Waals surface area contributed by atoms with E-state index in [4.69, 9.17) is 4.74 Å². The highest BCUT2D eigenvalue weighted by atomic mass is 19.1. The first-order valence-electron chi connectivity index (χ1n) is 7.84. The molecule has 2 aromatic carbocycles. The average Bonchev–Trinajstić information content (AvgIpc) is 3.00. The molecule has 0 unspecified atom stereocenters.